The van der Waals surface area contributed by atoms with Gasteiger partial charge in [0.1, 0.15) is 0 Å². The number of carboxylic acids is 1. The molecule has 0 spiro atoms. The minimum absolute atomic E-state index is 0.176. The molecule has 3 fully saturated rings. The molecule has 90 valence electrons. The van der Waals surface area contributed by atoms with Crippen molar-refractivity contribution in [2.45, 2.75) is 40.0 Å². The summed E-state index contributed by atoms with van der Waals surface area (Å²) in [5.74, 6) is 0.948. The smallest absolute Gasteiger partial charge is 0.330 e. The lowest BCUT2D eigenvalue weighted by Crippen LogP contribution is -2.48. The first-order chi connectivity index (χ1) is 7.26. The molecule has 0 aliphatic heterocycles. The number of hydrogen-bond acceptors (Lipinski definition) is 1. The third-order valence-electron chi connectivity index (χ3n) is 4.14. The highest BCUT2D eigenvalue weighted by Gasteiger charge is 2.51. The van der Waals surface area contributed by atoms with Crippen molar-refractivity contribution >= 4 is 5.97 Å². The maximum absolute atomic E-state index is 9.60. The van der Waals surface area contributed by atoms with E-state index in [1.54, 1.807) is 0 Å². The Labute approximate surface area is 98.1 Å². The number of rotatable bonds is 1. The van der Waals surface area contributed by atoms with Gasteiger partial charge in [-0.2, -0.15) is 0 Å². The molecule has 0 aromatic carbocycles. The van der Waals surface area contributed by atoms with Crippen molar-refractivity contribution in [3.8, 4) is 0 Å². The van der Waals surface area contributed by atoms with Gasteiger partial charge in [-0.1, -0.05) is 32.6 Å². The van der Waals surface area contributed by atoms with Crippen molar-refractivity contribution < 1.29 is 9.90 Å². The second-order valence-electron chi connectivity index (χ2n) is 5.59. The van der Waals surface area contributed by atoms with Crippen LogP contribution < -0.4 is 0 Å². The molecule has 2 unspecified atom stereocenters. The number of fused-ring (bicyclic) bond motifs is 2. The molecule has 0 radical (unpaired) electrons. The van der Waals surface area contributed by atoms with E-state index in [1.165, 1.54) is 31.8 Å². The van der Waals surface area contributed by atoms with Crippen LogP contribution in [-0.2, 0) is 4.79 Å². The Kier molecular flexibility index (Phi) is 3.61. The molecular weight excluding hydrogens is 200 g/mol. The summed E-state index contributed by atoms with van der Waals surface area (Å²) in [5, 5.41) is 7.89. The van der Waals surface area contributed by atoms with E-state index < -0.39 is 5.97 Å². The number of carbonyl (C=O) groups is 1. The normalized spacial score (nSPS) is 29.6. The molecule has 2 nitrogen and oxygen atoms in total. The fourth-order valence-electron chi connectivity index (χ4n) is 2.73. The zero-order chi connectivity index (χ0) is 12.5. The van der Waals surface area contributed by atoms with Crippen LogP contribution in [0.3, 0.4) is 0 Å². The maximum atomic E-state index is 9.60. The monoisotopic (exact) mass is 222 g/mol. The predicted molar refractivity (Wildman–Crippen MR) is 66.2 cm³/mol. The summed E-state index contributed by atoms with van der Waals surface area (Å²) in [6, 6.07) is 0. The van der Waals surface area contributed by atoms with E-state index in [1.807, 2.05) is 0 Å². The zero-order valence-electron chi connectivity index (χ0n) is 10.5. The van der Waals surface area contributed by atoms with Crippen LogP contribution in [0.2, 0.25) is 0 Å². The van der Waals surface area contributed by atoms with Gasteiger partial charge in [0.15, 0.2) is 0 Å². The molecule has 2 heteroatoms. The summed E-state index contributed by atoms with van der Waals surface area (Å²) in [7, 11) is 0. The van der Waals surface area contributed by atoms with Gasteiger partial charge in [-0.25, -0.2) is 4.79 Å². The van der Waals surface area contributed by atoms with Gasteiger partial charge < -0.3 is 5.11 Å². The van der Waals surface area contributed by atoms with Crippen LogP contribution in [0, 0.1) is 17.3 Å². The second-order valence-corrected chi connectivity index (χ2v) is 5.59. The first-order valence-corrected chi connectivity index (χ1v) is 5.83. The molecule has 2 bridgehead atoms. The Bertz CT molecular complexity index is 312. The summed E-state index contributed by atoms with van der Waals surface area (Å²) in [5.41, 5.74) is 2.30. The van der Waals surface area contributed by atoms with E-state index >= 15 is 0 Å². The lowest BCUT2D eigenvalue weighted by atomic mass is 9.47. The summed E-state index contributed by atoms with van der Waals surface area (Å²) < 4.78 is 0. The van der Waals surface area contributed by atoms with Crippen LogP contribution in [-0.4, -0.2) is 11.1 Å². The predicted octanol–water partition coefficient (Wildman–Crippen LogP) is 3.65. The fraction of sp³-hybridized carbons (Fsp3) is 0.643. The molecule has 0 saturated heterocycles. The van der Waals surface area contributed by atoms with Crippen LogP contribution in [0.5, 0.6) is 0 Å². The molecule has 3 saturated carbocycles. The summed E-state index contributed by atoms with van der Waals surface area (Å²) in [4.78, 5) is 9.60. The van der Waals surface area contributed by atoms with Crippen LogP contribution in [0.1, 0.15) is 40.0 Å². The van der Waals surface area contributed by atoms with Gasteiger partial charge in [-0.05, 0) is 43.4 Å². The first-order valence-electron chi connectivity index (χ1n) is 5.83. The van der Waals surface area contributed by atoms with Crippen LogP contribution in [0.4, 0.5) is 0 Å². The molecule has 3 aliphatic rings. The molecular formula is C14H22O2. The highest BCUT2D eigenvalue weighted by Crippen LogP contribution is 2.60. The van der Waals surface area contributed by atoms with Crippen molar-refractivity contribution in [3.05, 3.63) is 24.3 Å². The largest absolute Gasteiger partial charge is 0.478 e. The minimum atomic E-state index is -0.935. The topological polar surface area (TPSA) is 37.3 Å². The van der Waals surface area contributed by atoms with Crippen LogP contribution >= 0.6 is 0 Å². The van der Waals surface area contributed by atoms with Gasteiger partial charge in [0.25, 0.3) is 0 Å². The number of allylic oxidation sites excluding steroid dienone is 1. The van der Waals surface area contributed by atoms with Crippen molar-refractivity contribution in [2.75, 3.05) is 0 Å². The molecule has 1 N–H and O–H groups in total. The number of aliphatic carboxylic acids is 1. The van der Waals surface area contributed by atoms with Gasteiger partial charge >= 0.3 is 5.97 Å². The van der Waals surface area contributed by atoms with E-state index in [0.717, 1.165) is 11.8 Å². The average Bonchev–Trinajstić information content (AvgIpc) is 2.17. The van der Waals surface area contributed by atoms with E-state index in [2.05, 4.69) is 27.0 Å². The molecule has 3 aliphatic carbocycles. The molecule has 0 aromatic heterocycles. The molecule has 0 amide bonds. The van der Waals surface area contributed by atoms with Crippen molar-refractivity contribution in [1.82, 2.24) is 0 Å². The number of carboxylic acid groups (broad SMARTS) is 1. The Morgan fingerprint density at radius 3 is 2.19 bits per heavy atom. The highest BCUT2D eigenvalue weighted by molar-refractivity contribution is 5.84. The average molecular weight is 222 g/mol. The fourth-order valence-corrected chi connectivity index (χ4v) is 2.73. The summed E-state index contributed by atoms with van der Waals surface area (Å²) in [6.45, 7) is 13.5. The quantitative estimate of drug-likeness (QED) is 0.543. The van der Waals surface area contributed by atoms with Crippen molar-refractivity contribution in [1.29, 1.82) is 0 Å². The van der Waals surface area contributed by atoms with Crippen LogP contribution in [0.25, 0.3) is 0 Å². The molecule has 3 rings (SSSR count). The van der Waals surface area contributed by atoms with Crippen molar-refractivity contribution in [2.24, 2.45) is 17.3 Å². The standard InChI is InChI=1S/C10H16.C4H6O2/c1-7-4-5-8-6-9(7)10(8,2)3;1-3(2)4(5)6/h8-9H,1,4-6H2,2-3H3;1H2,2H3,(H,5,6). The van der Waals surface area contributed by atoms with Gasteiger partial charge in [-0.3, -0.25) is 0 Å². The van der Waals surface area contributed by atoms with Gasteiger partial charge in [0.05, 0.1) is 0 Å². The van der Waals surface area contributed by atoms with Crippen LogP contribution in [0.15, 0.2) is 24.3 Å². The maximum Gasteiger partial charge on any atom is 0.330 e. The van der Waals surface area contributed by atoms with E-state index in [4.69, 9.17) is 5.11 Å². The first kappa shape index (κ1) is 13.0. The Hall–Kier alpha value is -1.05. The van der Waals surface area contributed by atoms with Gasteiger partial charge in [-0.15, -0.1) is 0 Å². The van der Waals surface area contributed by atoms with E-state index in [-0.39, 0.29) is 5.57 Å². The summed E-state index contributed by atoms with van der Waals surface area (Å²) >= 11 is 0. The third-order valence-corrected chi connectivity index (χ3v) is 4.14. The zero-order valence-corrected chi connectivity index (χ0v) is 10.5. The Morgan fingerprint density at radius 2 is 2.00 bits per heavy atom. The molecule has 16 heavy (non-hydrogen) atoms. The van der Waals surface area contributed by atoms with Crippen molar-refractivity contribution in [3.63, 3.8) is 0 Å². The van der Waals surface area contributed by atoms with Gasteiger partial charge in [0.2, 0.25) is 0 Å². The van der Waals surface area contributed by atoms with E-state index in [9.17, 15) is 4.79 Å². The third kappa shape index (κ3) is 2.37. The lowest BCUT2D eigenvalue weighted by molar-refractivity contribution is -0.132. The highest BCUT2D eigenvalue weighted by atomic mass is 16.4. The van der Waals surface area contributed by atoms with E-state index in [0.29, 0.717) is 5.41 Å². The molecule has 0 heterocycles. The minimum Gasteiger partial charge on any atom is -0.478 e. The molecule has 0 aromatic rings. The second kappa shape index (κ2) is 4.44. The number of hydrogen-bond donors (Lipinski definition) is 1. The summed E-state index contributed by atoms with van der Waals surface area (Å²) in [6.07, 6.45) is 4.15. The molecule has 2 atom stereocenters. The lowest BCUT2D eigenvalue weighted by Gasteiger charge is -2.57. The SMILES string of the molecule is C=C(C)C(=O)O.C=C1CCC2CC1C2(C)C. The Morgan fingerprint density at radius 1 is 1.50 bits per heavy atom. The van der Waals surface area contributed by atoms with Gasteiger partial charge in [0, 0.05) is 5.57 Å². The Balaban J connectivity index is 0.000000187.